The van der Waals surface area contributed by atoms with Crippen LogP contribution in [-0.2, 0) is 6.42 Å². The van der Waals surface area contributed by atoms with Crippen molar-refractivity contribution < 1.29 is 0 Å². The third-order valence-electron chi connectivity index (χ3n) is 4.90. The molecule has 132 valence electrons. The average molecular weight is 334 g/mol. The van der Waals surface area contributed by atoms with Crippen LogP contribution in [0.2, 0.25) is 0 Å². The Labute approximate surface area is 153 Å². The van der Waals surface area contributed by atoms with Crippen molar-refractivity contribution in [2.45, 2.75) is 71.1 Å². The van der Waals surface area contributed by atoms with Gasteiger partial charge in [-0.1, -0.05) is 107 Å². The van der Waals surface area contributed by atoms with Gasteiger partial charge in [-0.05, 0) is 29.5 Å². The Bertz CT molecular complexity index is 652. The first-order chi connectivity index (χ1) is 12.4. The van der Waals surface area contributed by atoms with Gasteiger partial charge >= 0.3 is 0 Å². The van der Waals surface area contributed by atoms with Crippen LogP contribution in [-0.4, -0.2) is 0 Å². The highest BCUT2D eigenvalue weighted by Gasteiger charge is 2.09. The Kier molecular flexibility index (Phi) is 8.84. The van der Waals surface area contributed by atoms with Crippen LogP contribution in [0, 0.1) is 11.3 Å². The first-order valence-electron chi connectivity index (χ1n) is 9.94. The highest BCUT2D eigenvalue weighted by atomic mass is 14.3. The summed E-state index contributed by atoms with van der Waals surface area (Å²) >= 11 is 0. The van der Waals surface area contributed by atoms with Gasteiger partial charge in [-0.2, -0.15) is 5.26 Å². The second-order valence-electron chi connectivity index (χ2n) is 6.90. The van der Waals surface area contributed by atoms with Gasteiger partial charge in [0.1, 0.15) is 6.07 Å². The van der Waals surface area contributed by atoms with Crippen molar-refractivity contribution in [2.75, 3.05) is 0 Å². The van der Waals surface area contributed by atoms with E-state index in [0.29, 0.717) is 0 Å². The molecule has 1 heteroatoms. The summed E-state index contributed by atoms with van der Waals surface area (Å²) in [6.07, 6.45) is 13.0. The molecular formula is C24H31N. The number of unbranched alkanes of at least 4 members (excludes halogenated alkanes) is 8. The van der Waals surface area contributed by atoms with Gasteiger partial charge in [-0.3, -0.25) is 0 Å². The standard InChI is InChI=1S/C24H31N/c1-2-3-4-5-6-7-8-9-11-17-22-18-14-19-23(24(22)20-25)21-15-12-10-13-16-21/h10,12-16,18-19H,2-9,11,17H2,1H3. The Morgan fingerprint density at radius 1 is 0.720 bits per heavy atom. The molecule has 0 saturated heterocycles. The Morgan fingerprint density at radius 2 is 1.36 bits per heavy atom. The Hall–Kier alpha value is -2.07. The molecule has 0 saturated carbocycles. The van der Waals surface area contributed by atoms with Crippen molar-refractivity contribution >= 4 is 0 Å². The van der Waals surface area contributed by atoms with Crippen molar-refractivity contribution in [3.8, 4) is 17.2 Å². The predicted molar refractivity (Wildman–Crippen MR) is 108 cm³/mol. The van der Waals surface area contributed by atoms with E-state index in [1.54, 1.807) is 0 Å². The van der Waals surface area contributed by atoms with Crippen LogP contribution in [0.15, 0.2) is 48.5 Å². The number of benzene rings is 2. The monoisotopic (exact) mass is 333 g/mol. The first kappa shape index (κ1) is 19.3. The first-order valence-corrected chi connectivity index (χ1v) is 9.94. The Balaban J connectivity index is 1.82. The summed E-state index contributed by atoms with van der Waals surface area (Å²) in [5.74, 6) is 0. The molecule has 0 N–H and O–H groups in total. The second-order valence-corrected chi connectivity index (χ2v) is 6.90. The summed E-state index contributed by atoms with van der Waals surface area (Å²) in [6.45, 7) is 2.27. The lowest BCUT2D eigenvalue weighted by Gasteiger charge is -2.10. The minimum Gasteiger partial charge on any atom is -0.192 e. The van der Waals surface area contributed by atoms with Gasteiger partial charge < -0.3 is 0 Å². The van der Waals surface area contributed by atoms with E-state index in [9.17, 15) is 5.26 Å². The van der Waals surface area contributed by atoms with Crippen LogP contribution in [0.5, 0.6) is 0 Å². The van der Waals surface area contributed by atoms with Gasteiger partial charge in [0, 0.05) is 0 Å². The second kappa shape index (κ2) is 11.5. The zero-order valence-electron chi connectivity index (χ0n) is 15.6. The fourth-order valence-electron chi connectivity index (χ4n) is 3.42. The smallest absolute Gasteiger partial charge is 0.100 e. The van der Waals surface area contributed by atoms with Crippen LogP contribution in [0.3, 0.4) is 0 Å². The van der Waals surface area contributed by atoms with Crippen LogP contribution < -0.4 is 0 Å². The van der Waals surface area contributed by atoms with E-state index < -0.39 is 0 Å². The molecule has 0 unspecified atom stereocenters. The topological polar surface area (TPSA) is 23.8 Å². The van der Waals surface area contributed by atoms with Crippen LogP contribution >= 0.6 is 0 Å². The molecule has 0 radical (unpaired) electrons. The number of aryl methyl sites for hydroxylation is 1. The summed E-state index contributed by atoms with van der Waals surface area (Å²) in [6, 6.07) is 19.0. The van der Waals surface area contributed by atoms with Crippen LogP contribution in [0.1, 0.15) is 75.8 Å². The molecule has 0 fully saturated rings. The van der Waals surface area contributed by atoms with E-state index in [-0.39, 0.29) is 0 Å². The van der Waals surface area contributed by atoms with Gasteiger partial charge in [-0.15, -0.1) is 0 Å². The van der Waals surface area contributed by atoms with Gasteiger partial charge in [0.15, 0.2) is 0 Å². The molecule has 0 bridgehead atoms. The van der Waals surface area contributed by atoms with Gasteiger partial charge in [0.05, 0.1) is 5.56 Å². The summed E-state index contributed by atoms with van der Waals surface area (Å²) < 4.78 is 0. The number of hydrogen-bond acceptors (Lipinski definition) is 1. The third kappa shape index (κ3) is 6.39. The van der Waals surface area contributed by atoms with Crippen molar-refractivity contribution in [1.29, 1.82) is 5.26 Å². The van der Waals surface area contributed by atoms with Crippen molar-refractivity contribution in [2.24, 2.45) is 0 Å². The maximum absolute atomic E-state index is 9.65. The molecule has 0 heterocycles. The van der Waals surface area contributed by atoms with Crippen molar-refractivity contribution in [3.05, 3.63) is 59.7 Å². The maximum Gasteiger partial charge on any atom is 0.100 e. The fourth-order valence-corrected chi connectivity index (χ4v) is 3.42. The van der Waals surface area contributed by atoms with Crippen molar-refractivity contribution in [1.82, 2.24) is 0 Å². The number of hydrogen-bond donors (Lipinski definition) is 0. The van der Waals surface area contributed by atoms with Crippen molar-refractivity contribution in [3.63, 3.8) is 0 Å². The summed E-state index contributed by atoms with van der Waals surface area (Å²) in [5.41, 5.74) is 4.25. The van der Waals surface area contributed by atoms with Gasteiger partial charge in [0.2, 0.25) is 0 Å². The molecule has 2 aromatic carbocycles. The number of nitrogens with zero attached hydrogens (tertiary/aromatic N) is 1. The molecule has 0 aliphatic carbocycles. The highest BCUT2D eigenvalue weighted by molar-refractivity contribution is 5.72. The van der Waals surface area contributed by atoms with E-state index in [4.69, 9.17) is 0 Å². The fraction of sp³-hybridized carbons (Fsp3) is 0.458. The van der Waals surface area contributed by atoms with E-state index >= 15 is 0 Å². The highest BCUT2D eigenvalue weighted by Crippen LogP contribution is 2.26. The molecule has 0 aliphatic rings. The lowest BCUT2D eigenvalue weighted by atomic mass is 9.93. The molecule has 25 heavy (non-hydrogen) atoms. The zero-order chi connectivity index (χ0) is 17.7. The molecule has 0 aromatic heterocycles. The summed E-state index contributed by atoms with van der Waals surface area (Å²) in [5, 5.41) is 9.65. The predicted octanol–water partition coefficient (Wildman–Crippen LogP) is 7.30. The number of rotatable bonds is 11. The molecular weight excluding hydrogens is 302 g/mol. The lowest BCUT2D eigenvalue weighted by molar-refractivity contribution is 0.565. The molecule has 0 atom stereocenters. The quantitative estimate of drug-likeness (QED) is 0.396. The average Bonchev–Trinajstić information content (AvgIpc) is 2.67. The summed E-state index contributed by atoms with van der Waals surface area (Å²) in [4.78, 5) is 0. The van der Waals surface area contributed by atoms with E-state index in [0.717, 1.165) is 23.1 Å². The Morgan fingerprint density at radius 3 is 2.00 bits per heavy atom. The minimum atomic E-state index is 0.855. The SMILES string of the molecule is CCCCCCCCCCCc1cccc(-c2ccccc2)c1C#N. The minimum absolute atomic E-state index is 0.855. The summed E-state index contributed by atoms with van der Waals surface area (Å²) in [7, 11) is 0. The normalized spacial score (nSPS) is 10.6. The van der Waals surface area contributed by atoms with E-state index in [2.05, 4.69) is 43.3 Å². The van der Waals surface area contributed by atoms with Crippen LogP contribution in [0.4, 0.5) is 0 Å². The molecule has 0 spiro atoms. The molecule has 2 rings (SSSR count). The van der Waals surface area contributed by atoms with Gasteiger partial charge in [0.25, 0.3) is 0 Å². The lowest BCUT2D eigenvalue weighted by Crippen LogP contribution is -1.94. The third-order valence-corrected chi connectivity index (χ3v) is 4.90. The molecule has 2 aromatic rings. The molecule has 0 amide bonds. The van der Waals surface area contributed by atoms with E-state index in [1.807, 2.05) is 18.2 Å². The maximum atomic E-state index is 9.65. The zero-order valence-corrected chi connectivity index (χ0v) is 15.6. The van der Waals surface area contributed by atoms with E-state index in [1.165, 1.54) is 63.4 Å². The van der Waals surface area contributed by atoms with Crippen LogP contribution in [0.25, 0.3) is 11.1 Å². The number of nitriles is 1. The van der Waals surface area contributed by atoms with Gasteiger partial charge in [-0.25, -0.2) is 0 Å². The molecule has 0 aliphatic heterocycles. The largest absolute Gasteiger partial charge is 0.192 e. The molecule has 1 nitrogen and oxygen atoms in total.